The van der Waals surface area contributed by atoms with Crippen LogP contribution in [0, 0.1) is 0 Å². The molecule has 0 aliphatic heterocycles. The molecule has 0 heterocycles. The smallest absolute Gasteiger partial charge is 0.166 e. The summed E-state index contributed by atoms with van der Waals surface area (Å²) in [6.45, 7) is 0. The molecule has 0 saturated carbocycles. The molecular weight excluding hydrogens is 218 g/mol. The van der Waals surface area contributed by atoms with Gasteiger partial charge in [-0.2, -0.15) is 0 Å². The number of carbonyl (C=O) groups excluding carboxylic acids is 1. The second-order valence-corrected chi connectivity index (χ2v) is 3.50. The lowest BCUT2D eigenvalue weighted by Crippen LogP contribution is -2.35. The standard InChI is InChI=1S/C7H5BrF2O/c8-7(4-11)5(9)2-1-3-6(7)10/h1-5H. The van der Waals surface area contributed by atoms with Crippen molar-refractivity contribution in [3.8, 4) is 0 Å². The van der Waals surface area contributed by atoms with E-state index in [4.69, 9.17) is 0 Å². The van der Waals surface area contributed by atoms with Crippen LogP contribution in [0.3, 0.4) is 0 Å². The average molecular weight is 223 g/mol. The lowest BCUT2D eigenvalue weighted by molar-refractivity contribution is -0.110. The third kappa shape index (κ3) is 1.27. The Bertz CT molecular complexity index is 237. The Kier molecular flexibility index (Phi) is 2.23. The molecule has 1 nitrogen and oxygen atoms in total. The van der Waals surface area contributed by atoms with E-state index in [0.29, 0.717) is 0 Å². The fraction of sp³-hybridized carbons (Fsp3) is 0.286. The van der Waals surface area contributed by atoms with Crippen molar-refractivity contribution in [2.45, 2.75) is 10.5 Å². The summed E-state index contributed by atoms with van der Waals surface area (Å²) in [5.41, 5.74) is 0. The van der Waals surface area contributed by atoms with Crippen LogP contribution in [-0.4, -0.2) is 16.8 Å². The lowest BCUT2D eigenvalue weighted by atomic mass is 9.99. The lowest BCUT2D eigenvalue weighted by Gasteiger charge is -2.23. The Hall–Kier alpha value is -0.510. The summed E-state index contributed by atoms with van der Waals surface area (Å²) < 4.78 is 23.8. The van der Waals surface area contributed by atoms with Crippen molar-refractivity contribution in [2.75, 3.05) is 0 Å². The Balaban J connectivity index is 3.03. The highest BCUT2D eigenvalue weighted by Gasteiger charge is 2.41. The summed E-state index contributed by atoms with van der Waals surface area (Å²) in [4.78, 5) is 10.3. The second-order valence-electron chi connectivity index (χ2n) is 2.19. The van der Waals surface area contributed by atoms with Gasteiger partial charge < -0.3 is 4.79 Å². The first kappa shape index (κ1) is 8.59. The van der Waals surface area contributed by atoms with Crippen LogP contribution in [0.25, 0.3) is 0 Å². The normalized spacial score (nSPS) is 36.6. The van der Waals surface area contributed by atoms with E-state index in [9.17, 15) is 13.6 Å². The number of allylic oxidation sites excluding steroid dienone is 4. The molecule has 0 aromatic carbocycles. The molecule has 0 fully saturated rings. The van der Waals surface area contributed by atoms with Crippen LogP contribution < -0.4 is 0 Å². The largest absolute Gasteiger partial charge is 0.301 e. The van der Waals surface area contributed by atoms with E-state index in [1.165, 1.54) is 6.08 Å². The molecule has 4 heteroatoms. The van der Waals surface area contributed by atoms with Gasteiger partial charge in [0, 0.05) is 0 Å². The van der Waals surface area contributed by atoms with Gasteiger partial charge in [-0.05, 0) is 12.2 Å². The van der Waals surface area contributed by atoms with Crippen LogP contribution in [-0.2, 0) is 4.79 Å². The summed E-state index contributed by atoms with van der Waals surface area (Å²) in [6, 6.07) is 0. The van der Waals surface area contributed by atoms with E-state index >= 15 is 0 Å². The van der Waals surface area contributed by atoms with Crippen LogP contribution in [0.5, 0.6) is 0 Å². The van der Waals surface area contributed by atoms with Crippen LogP contribution in [0.2, 0.25) is 0 Å². The van der Waals surface area contributed by atoms with Crippen LogP contribution in [0.1, 0.15) is 0 Å². The van der Waals surface area contributed by atoms with Crippen molar-refractivity contribution in [2.24, 2.45) is 0 Å². The molecule has 0 saturated heterocycles. The van der Waals surface area contributed by atoms with Gasteiger partial charge in [0.05, 0.1) is 0 Å². The highest BCUT2D eigenvalue weighted by atomic mass is 79.9. The SMILES string of the molecule is O=CC1(Br)C(F)=CC=CC1F. The van der Waals surface area contributed by atoms with Gasteiger partial charge in [0.1, 0.15) is 18.3 Å². The fourth-order valence-corrected chi connectivity index (χ4v) is 1.04. The average Bonchev–Trinajstić information content (AvgIpc) is 2.00. The molecule has 0 radical (unpaired) electrons. The summed E-state index contributed by atoms with van der Waals surface area (Å²) in [5.74, 6) is -0.803. The zero-order valence-electron chi connectivity index (χ0n) is 5.43. The molecule has 2 unspecified atom stereocenters. The number of aldehydes is 1. The first-order valence-corrected chi connectivity index (χ1v) is 3.74. The van der Waals surface area contributed by atoms with Gasteiger partial charge in [0.15, 0.2) is 4.32 Å². The summed E-state index contributed by atoms with van der Waals surface area (Å²) in [7, 11) is 0. The van der Waals surface area contributed by atoms with Gasteiger partial charge in [0.2, 0.25) is 0 Å². The quantitative estimate of drug-likeness (QED) is 0.491. The maximum atomic E-state index is 12.8. The second kappa shape index (κ2) is 2.85. The molecule has 1 aliphatic carbocycles. The summed E-state index contributed by atoms with van der Waals surface area (Å²) >= 11 is 2.69. The Morgan fingerprint density at radius 2 is 2.36 bits per heavy atom. The Morgan fingerprint density at radius 1 is 1.73 bits per heavy atom. The number of halogens is 3. The van der Waals surface area contributed by atoms with Crippen molar-refractivity contribution in [1.82, 2.24) is 0 Å². The third-order valence-electron chi connectivity index (χ3n) is 1.46. The molecule has 60 valence electrons. The molecule has 0 aromatic heterocycles. The van der Waals surface area contributed by atoms with E-state index in [1.54, 1.807) is 0 Å². The molecule has 2 atom stereocenters. The molecule has 11 heavy (non-hydrogen) atoms. The van der Waals surface area contributed by atoms with Crippen molar-refractivity contribution >= 4 is 22.2 Å². The minimum absolute atomic E-state index is 0.215. The van der Waals surface area contributed by atoms with Crippen molar-refractivity contribution < 1.29 is 13.6 Å². The predicted octanol–water partition coefficient (Wildman–Crippen LogP) is 2.08. The number of rotatable bonds is 1. The van der Waals surface area contributed by atoms with Crippen molar-refractivity contribution in [1.29, 1.82) is 0 Å². The first-order chi connectivity index (χ1) is 5.11. The van der Waals surface area contributed by atoms with Crippen LogP contribution >= 0.6 is 15.9 Å². The predicted molar refractivity (Wildman–Crippen MR) is 40.9 cm³/mol. The van der Waals surface area contributed by atoms with Crippen LogP contribution in [0.15, 0.2) is 24.1 Å². The molecule has 0 bridgehead atoms. The molecule has 0 amide bonds. The van der Waals surface area contributed by atoms with Crippen molar-refractivity contribution in [3.63, 3.8) is 0 Å². The number of alkyl halides is 2. The molecule has 1 rings (SSSR count). The first-order valence-electron chi connectivity index (χ1n) is 2.95. The molecule has 0 spiro atoms. The number of hydrogen-bond donors (Lipinski definition) is 0. The van der Waals surface area contributed by atoms with Gasteiger partial charge in [-0.25, -0.2) is 8.78 Å². The monoisotopic (exact) mass is 222 g/mol. The van der Waals surface area contributed by atoms with E-state index in [0.717, 1.165) is 12.2 Å². The summed E-state index contributed by atoms with van der Waals surface area (Å²) in [5, 5.41) is 0. The van der Waals surface area contributed by atoms with E-state index in [2.05, 4.69) is 15.9 Å². The van der Waals surface area contributed by atoms with Gasteiger partial charge in [-0.1, -0.05) is 22.0 Å². The maximum Gasteiger partial charge on any atom is 0.166 e. The minimum atomic E-state index is -1.79. The Morgan fingerprint density at radius 3 is 2.73 bits per heavy atom. The van der Waals surface area contributed by atoms with E-state index in [-0.39, 0.29) is 6.29 Å². The number of carbonyl (C=O) groups is 1. The van der Waals surface area contributed by atoms with E-state index in [1.807, 2.05) is 0 Å². The van der Waals surface area contributed by atoms with Crippen LogP contribution in [0.4, 0.5) is 8.78 Å². The fourth-order valence-electron chi connectivity index (χ4n) is 0.758. The third-order valence-corrected chi connectivity index (χ3v) is 2.46. The van der Waals surface area contributed by atoms with Gasteiger partial charge >= 0.3 is 0 Å². The van der Waals surface area contributed by atoms with Crippen molar-refractivity contribution in [3.05, 3.63) is 24.1 Å². The zero-order chi connectivity index (χ0) is 8.48. The minimum Gasteiger partial charge on any atom is -0.301 e. The van der Waals surface area contributed by atoms with Gasteiger partial charge in [0.25, 0.3) is 0 Å². The zero-order valence-corrected chi connectivity index (χ0v) is 7.01. The maximum absolute atomic E-state index is 12.8. The topological polar surface area (TPSA) is 17.1 Å². The highest BCUT2D eigenvalue weighted by Crippen LogP contribution is 2.35. The molecular formula is C7H5BrF2O. The van der Waals surface area contributed by atoms with Gasteiger partial charge in [-0.3, -0.25) is 0 Å². The molecule has 0 N–H and O–H groups in total. The van der Waals surface area contributed by atoms with E-state index < -0.39 is 16.3 Å². The Labute approximate surface area is 70.9 Å². The summed E-state index contributed by atoms with van der Waals surface area (Å²) in [6.07, 6.45) is 1.99. The highest BCUT2D eigenvalue weighted by molar-refractivity contribution is 9.10. The van der Waals surface area contributed by atoms with Gasteiger partial charge in [-0.15, -0.1) is 0 Å². The molecule has 1 aliphatic rings. The number of hydrogen-bond acceptors (Lipinski definition) is 1. The molecule has 0 aromatic rings.